The first-order valence-electron chi connectivity index (χ1n) is 8.05. The highest BCUT2D eigenvalue weighted by molar-refractivity contribution is 5.67. The van der Waals surface area contributed by atoms with Crippen LogP contribution in [0.25, 0.3) is 11.3 Å². The van der Waals surface area contributed by atoms with Crippen molar-refractivity contribution < 1.29 is 19.9 Å². The van der Waals surface area contributed by atoms with Crippen molar-refractivity contribution >= 4 is 5.95 Å². The summed E-state index contributed by atoms with van der Waals surface area (Å²) in [7, 11) is 1.65. The molecule has 0 bridgehead atoms. The molecule has 0 radical (unpaired) electrons. The topological polar surface area (TPSA) is 93.1 Å². The van der Waals surface area contributed by atoms with Crippen LogP contribution in [-0.4, -0.2) is 54.6 Å². The molecule has 4 atom stereocenters. The maximum Gasteiger partial charge on any atom is 0.223 e. The van der Waals surface area contributed by atoms with Crippen molar-refractivity contribution in [1.82, 2.24) is 9.97 Å². The van der Waals surface area contributed by atoms with Crippen molar-refractivity contribution in [1.29, 1.82) is 0 Å². The molecule has 2 aliphatic rings. The Morgan fingerprint density at radius 3 is 2.88 bits per heavy atom. The second-order valence-corrected chi connectivity index (χ2v) is 6.07. The Bertz CT molecular complexity index is 726. The van der Waals surface area contributed by atoms with Gasteiger partial charge in [0, 0.05) is 11.8 Å². The van der Waals surface area contributed by atoms with Crippen molar-refractivity contribution in [3.63, 3.8) is 0 Å². The van der Waals surface area contributed by atoms with Crippen LogP contribution in [0.3, 0.4) is 0 Å². The van der Waals surface area contributed by atoms with Gasteiger partial charge >= 0.3 is 0 Å². The molecule has 0 aliphatic carbocycles. The molecule has 2 fully saturated rings. The Morgan fingerprint density at radius 2 is 2.00 bits per heavy atom. The summed E-state index contributed by atoms with van der Waals surface area (Å²) in [5.74, 6) is 1.34. The van der Waals surface area contributed by atoms with Gasteiger partial charge in [0.2, 0.25) is 5.95 Å². The third-order valence-corrected chi connectivity index (χ3v) is 4.51. The molecule has 1 aromatic heterocycles. The monoisotopic (exact) mass is 329 g/mol. The molecule has 7 nitrogen and oxygen atoms in total. The lowest BCUT2D eigenvalue weighted by atomic mass is 10.1. The normalized spacial score (nSPS) is 28.6. The Morgan fingerprint density at radius 1 is 1.17 bits per heavy atom. The first kappa shape index (κ1) is 15.3. The number of quaternary nitrogens is 1. The minimum absolute atomic E-state index is 0.00557. The van der Waals surface area contributed by atoms with E-state index in [1.54, 1.807) is 13.3 Å². The summed E-state index contributed by atoms with van der Waals surface area (Å²) in [5, 5.41) is 3.34. The predicted molar refractivity (Wildman–Crippen MR) is 87.6 cm³/mol. The number of methoxy groups -OCH3 is 1. The van der Waals surface area contributed by atoms with Crippen LogP contribution in [0.1, 0.15) is 0 Å². The highest BCUT2D eigenvalue weighted by atomic mass is 16.6. The molecule has 2 saturated heterocycles. The van der Waals surface area contributed by atoms with Gasteiger partial charge in [0.15, 0.2) is 0 Å². The van der Waals surface area contributed by atoms with E-state index in [0.717, 1.165) is 17.0 Å². The quantitative estimate of drug-likeness (QED) is 0.840. The largest absolute Gasteiger partial charge is 0.496 e. The zero-order chi connectivity index (χ0) is 16.5. The van der Waals surface area contributed by atoms with Crippen molar-refractivity contribution in [3.05, 3.63) is 36.5 Å². The molecule has 0 amide bonds. The molecule has 126 valence electrons. The molecular weight excluding hydrogens is 308 g/mol. The molecule has 24 heavy (non-hydrogen) atoms. The minimum Gasteiger partial charge on any atom is -0.496 e. The van der Waals surface area contributed by atoms with E-state index in [1.807, 2.05) is 30.3 Å². The van der Waals surface area contributed by atoms with Crippen molar-refractivity contribution in [3.8, 4) is 17.0 Å². The van der Waals surface area contributed by atoms with Crippen molar-refractivity contribution in [2.75, 3.05) is 25.6 Å². The molecular formula is C17H21N4O3+. The SMILES string of the molecule is COc1ccccc1-c1ccnc(N[C@H]2CO[C@H]3[C@@H]2OC[C@@H]3[NH3+])n1. The standard InChI is InChI=1S/C17H20N4O3/c1-22-14-5-3-2-4-10(14)12-6-7-19-17(20-12)21-13-9-24-15-11(18)8-23-16(13)15/h2-7,11,13,15-16H,8-9,18H2,1H3,(H,19,20,21)/p+1/t11-,13-,15+,16+/m0/s1. The first-order valence-corrected chi connectivity index (χ1v) is 8.05. The van der Waals surface area contributed by atoms with Gasteiger partial charge in [0.05, 0.1) is 25.5 Å². The van der Waals surface area contributed by atoms with Gasteiger partial charge in [-0.25, -0.2) is 9.97 Å². The average Bonchev–Trinajstić information content (AvgIpc) is 3.19. The summed E-state index contributed by atoms with van der Waals surface area (Å²) in [6, 6.07) is 9.88. The molecule has 2 aromatic rings. The fourth-order valence-electron chi connectivity index (χ4n) is 3.30. The van der Waals surface area contributed by atoms with E-state index in [-0.39, 0.29) is 24.3 Å². The zero-order valence-corrected chi connectivity index (χ0v) is 13.5. The Kier molecular flexibility index (Phi) is 4.05. The van der Waals surface area contributed by atoms with Crippen LogP contribution in [0.15, 0.2) is 36.5 Å². The van der Waals surface area contributed by atoms with Crippen LogP contribution in [0.5, 0.6) is 5.75 Å². The maximum atomic E-state index is 5.80. The summed E-state index contributed by atoms with van der Waals surface area (Å²) in [6.45, 7) is 1.21. The molecule has 0 unspecified atom stereocenters. The number of nitrogens with zero attached hydrogens (tertiary/aromatic N) is 2. The van der Waals surface area contributed by atoms with Crippen LogP contribution >= 0.6 is 0 Å². The van der Waals surface area contributed by atoms with E-state index < -0.39 is 0 Å². The molecule has 2 aliphatic heterocycles. The molecule has 4 rings (SSSR count). The third-order valence-electron chi connectivity index (χ3n) is 4.51. The third kappa shape index (κ3) is 2.71. The summed E-state index contributed by atoms with van der Waals surface area (Å²) >= 11 is 0. The lowest BCUT2D eigenvalue weighted by molar-refractivity contribution is -0.430. The molecule has 1 aromatic carbocycles. The Hall–Kier alpha value is -2.22. The number of rotatable bonds is 4. The number of para-hydroxylation sites is 1. The van der Waals surface area contributed by atoms with Crippen molar-refractivity contribution in [2.24, 2.45) is 0 Å². The fourth-order valence-corrected chi connectivity index (χ4v) is 3.30. The summed E-state index contributed by atoms with van der Waals surface area (Å²) in [6.07, 6.45) is 1.80. The number of benzene rings is 1. The van der Waals surface area contributed by atoms with Crippen LogP contribution in [0, 0.1) is 0 Å². The summed E-state index contributed by atoms with van der Waals surface area (Å²) in [5.41, 5.74) is 5.81. The highest BCUT2D eigenvalue weighted by Crippen LogP contribution is 2.30. The van der Waals surface area contributed by atoms with Gasteiger partial charge in [0.25, 0.3) is 0 Å². The summed E-state index contributed by atoms with van der Waals surface area (Å²) < 4.78 is 17.0. The van der Waals surface area contributed by atoms with E-state index in [2.05, 4.69) is 21.0 Å². The van der Waals surface area contributed by atoms with Crippen molar-refractivity contribution in [2.45, 2.75) is 24.3 Å². The zero-order valence-electron chi connectivity index (χ0n) is 13.5. The number of nitrogens with one attached hydrogen (secondary N) is 1. The lowest BCUT2D eigenvalue weighted by Crippen LogP contribution is -2.66. The second-order valence-electron chi connectivity index (χ2n) is 6.07. The van der Waals surface area contributed by atoms with E-state index in [0.29, 0.717) is 19.2 Å². The first-order chi connectivity index (χ1) is 11.8. The molecule has 4 N–H and O–H groups in total. The minimum atomic E-state index is 0.00557. The van der Waals surface area contributed by atoms with Crippen LogP contribution < -0.4 is 15.8 Å². The van der Waals surface area contributed by atoms with E-state index in [1.165, 1.54) is 0 Å². The van der Waals surface area contributed by atoms with Crippen LogP contribution in [0.2, 0.25) is 0 Å². The molecule has 0 spiro atoms. The number of fused-ring (bicyclic) bond motifs is 1. The predicted octanol–water partition coefficient (Wildman–Crippen LogP) is 0.341. The number of hydrogen-bond acceptors (Lipinski definition) is 6. The number of hydrogen-bond donors (Lipinski definition) is 2. The van der Waals surface area contributed by atoms with E-state index in [9.17, 15) is 0 Å². The number of anilines is 1. The van der Waals surface area contributed by atoms with E-state index in [4.69, 9.17) is 14.2 Å². The fraction of sp³-hybridized carbons (Fsp3) is 0.412. The number of ether oxygens (including phenoxy) is 3. The van der Waals surface area contributed by atoms with Gasteiger partial charge in [-0.1, -0.05) is 12.1 Å². The Labute approximate surface area is 140 Å². The highest BCUT2D eigenvalue weighted by Gasteiger charge is 2.48. The van der Waals surface area contributed by atoms with Crippen LogP contribution in [0.4, 0.5) is 5.95 Å². The van der Waals surface area contributed by atoms with Gasteiger partial charge in [-0.2, -0.15) is 0 Å². The number of aromatic nitrogens is 2. The van der Waals surface area contributed by atoms with Gasteiger partial charge < -0.3 is 25.3 Å². The van der Waals surface area contributed by atoms with Gasteiger partial charge in [-0.3, -0.25) is 0 Å². The van der Waals surface area contributed by atoms with Gasteiger partial charge in [-0.15, -0.1) is 0 Å². The summed E-state index contributed by atoms with van der Waals surface area (Å²) in [4.78, 5) is 8.95. The average molecular weight is 329 g/mol. The molecule has 3 heterocycles. The maximum absolute atomic E-state index is 5.80. The van der Waals surface area contributed by atoms with E-state index >= 15 is 0 Å². The van der Waals surface area contributed by atoms with Gasteiger partial charge in [-0.05, 0) is 18.2 Å². The Balaban J connectivity index is 1.55. The van der Waals surface area contributed by atoms with Crippen LogP contribution in [-0.2, 0) is 9.47 Å². The molecule has 7 heteroatoms. The second kappa shape index (κ2) is 6.35. The molecule has 0 saturated carbocycles. The smallest absolute Gasteiger partial charge is 0.223 e. The lowest BCUT2D eigenvalue weighted by Gasteiger charge is -2.17. The van der Waals surface area contributed by atoms with Gasteiger partial charge in [0.1, 0.15) is 30.6 Å².